The molecule has 59 heavy (non-hydrogen) atoms. The van der Waals surface area contributed by atoms with Gasteiger partial charge in [0.15, 0.2) is 6.10 Å². The second kappa shape index (κ2) is 46.0. The van der Waals surface area contributed by atoms with Gasteiger partial charge in [0, 0.05) is 12.8 Å². The molecule has 0 aliphatic heterocycles. The van der Waals surface area contributed by atoms with E-state index >= 15 is 0 Å². The van der Waals surface area contributed by atoms with Crippen molar-refractivity contribution in [2.45, 2.75) is 155 Å². The average Bonchev–Trinajstić information content (AvgIpc) is 3.23. The number of rotatable bonds is 37. The van der Waals surface area contributed by atoms with Gasteiger partial charge < -0.3 is 14.2 Å². The van der Waals surface area contributed by atoms with Crippen LogP contribution in [0.5, 0.6) is 0 Å². The summed E-state index contributed by atoms with van der Waals surface area (Å²) in [6.45, 7) is 6.05. The Labute approximate surface area is 359 Å². The monoisotopic (exact) mass is 811 g/mol. The largest absolute Gasteiger partial charge is 0.462 e. The number of carbonyl (C=O) groups is 3. The van der Waals surface area contributed by atoms with Gasteiger partial charge in [0.25, 0.3) is 0 Å². The van der Waals surface area contributed by atoms with Gasteiger partial charge in [-0.2, -0.15) is 0 Å². The van der Waals surface area contributed by atoms with Crippen LogP contribution in [0.15, 0.2) is 146 Å². The highest BCUT2D eigenvalue weighted by Crippen LogP contribution is 2.10. The van der Waals surface area contributed by atoms with Crippen molar-refractivity contribution in [1.29, 1.82) is 0 Å². The summed E-state index contributed by atoms with van der Waals surface area (Å²) in [6, 6.07) is 0. The fourth-order valence-electron chi connectivity index (χ4n) is 5.18. The smallest absolute Gasteiger partial charge is 0.309 e. The number of ether oxygens (including phenoxy) is 3. The second-order valence-corrected chi connectivity index (χ2v) is 13.9. The van der Waals surface area contributed by atoms with E-state index in [1.807, 2.05) is 42.5 Å². The first-order valence-electron chi connectivity index (χ1n) is 22.4. The van der Waals surface area contributed by atoms with Crippen molar-refractivity contribution >= 4 is 17.9 Å². The Morgan fingerprint density at radius 3 is 1.27 bits per heavy atom. The quantitative estimate of drug-likeness (QED) is 0.0204. The molecule has 0 saturated heterocycles. The lowest BCUT2D eigenvalue weighted by Crippen LogP contribution is -2.30. The van der Waals surface area contributed by atoms with E-state index in [9.17, 15) is 14.4 Å². The zero-order valence-corrected chi connectivity index (χ0v) is 36.9. The lowest BCUT2D eigenvalue weighted by Gasteiger charge is -2.18. The Balaban J connectivity index is 4.56. The summed E-state index contributed by atoms with van der Waals surface area (Å²) >= 11 is 0. The summed E-state index contributed by atoms with van der Waals surface area (Å²) in [7, 11) is 0. The van der Waals surface area contributed by atoms with Crippen LogP contribution in [0.1, 0.15) is 149 Å². The predicted octanol–water partition coefficient (Wildman–Crippen LogP) is 14.5. The van der Waals surface area contributed by atoms with Crippen LogP contribution in [0.2, 0.25) is 0 Å². The molecule has 0 saturated carbocycles. The molecule has 0 aromatic carbocycles. The third kappa shape index (κ3) is 44.2. The van der Waals surface area contributed by atoms with Crippen molar-refractivity contribution in [3.05, 3.63) is 146 Å². The molecule has 6 heteroatoms. The van der Waals surface area contributed by atoms with Gasteiger partial charge in [-0.05, 0) is 96.3 Å². The van der Waals surface area contributed by atoms with E-state index in [4.69, 9.17) is 14.2 Å². The van der Waals surface area contributed by atoms with Crippen molar-refractivity contribution in [1.82, 2.24) is 0 Å². The topological polar surface area (TPSA) is 78.9 Å². The van der Waals surface area contributed by atoms with Crippen LogP contribution in [-0.2, 0) is 28.6 Å². The molecule has 1 atom stereocenters. The highest BCUT2D eigenvalue weighted by Gasteiger charge is 2.19. The molecule has 0 N–H and O–H groups in total. The Kier molecular flexibility index (Phi) is 42.3. The molecule has 0 amide bonds. The average molecular weight is 811 g/mol. The number of unbranched alkanes of at least 4 members (excludes halogenated alkanes) is 6. The fourth-order valence-corrected chi connectivity index (χ4v) is 5.18. The third-order valence-corrected chi connectivity index (χ3v) is 8.45. The van der Waals surface area contributed by atoms with E-state index < -0.39 is 12.1 Å². The molecule has 326 valence electrons. The molecule has 1 unspecified atom stereocenters. The minimum atomic E-state index is -0.852. The van der Waals surface area contributed by atoms with Crippen LogP contribution >= 0.6 is 0 Å². The SMILES string of the molecule is CC\C=C/C=C\C=C/C=C\CCCCCC(=O)OC(COC(=O)C/C=C\C/C=C\C/C=C\CC)COC(=O)CCCCC/C=C\C/C=C\C/C=C\C/C=C\C/C=C\CC. The molecule has 0 aliphatic rings. The number of carbonyl (C=O) groups excluding carboxylic acids is 3. The number of allylic oxidation sites excluding steroid dienone is 23. The number of hydrogen-bond acceptors (Lipinski definition) is 6. The normalized spacial score (nSPS) is 13.5. The van der Waals surface area contributed by atoms with Gasteiger partial charge in [-0.25, -0.2) is 0 Å². The molecule has 0 fully saturated rings. The molecular formula is C53H78O6. The van der Waals surface area contributed by atoms with Crippen LogP contribution in [0.25, 0.3) is 0 Å². The van der Waals surface area contributed by atoms with Crippen LogP contribution in [0, 0.1) is 0 Å². The Morgan fingerprint density at radius 2 is 0.763 bits per heavy atom. The summed E-state index contributed by atoms with van der Waals surface area (Å²) in [5.74, 6) is -1.16. The Bertz CT molecular complexity index is 1390. The summed E-state index contributed by atoms with van der Waals surface area (Å²) in [5, 5.41) is 0. The van der Waals surface area contributed by atoms with Crippen LogP contribution in [-0.4, -0.2) is 37.2 Å². The van der Waals surface area contributed by atoms with Crippen LogP contribution in [0.3, 0.4) is 0 Å². The fraction of sp³-hybridized carbons (Fsp3) is 0.491. The lowest BCUT2D eigenvalue weighted by atomic mass is 10.1. The van der Waals surface area contributed by atoms with Crippen molar-refractivity contribution < 1.29 is 28.6 Å². The third-order valence-electron chi connectivity index (χ3n) is 8.45. The maximum Gasteiger partial charge on any atom is 0.309 e. The van der Waals surface area contributed by atoms with E-state index in [2.05, 4.69) is 118 Å². The molecule has 6 nitrogen and oxygen atoms in total. The van der Waals surface area contributed by atoms with Crippen molar-refractivity contribution in [2.24, 2.45) is 0 Å². The van der Waals surface area contributed by atoms with Gasteiger partial charge in [-0.3, -0.25) is 14.4 Å². The maximum absolute atomic E-state index is 12.7. The summed E-state index contributed by atoms with van der Waals surface area (Å²) in [6.07, 6.45) is 65.8. The van der Waals surface area contributed by atoms with E-state index in [0.29, 0.717) is 6.42 Å². The molecule has 0 aromatic rings. The summed E-state index contributed by atoms with van der Waals surface area (Å²) in [4.78, 5) is 37.6. The molecule has 0 radical (unpaired) electrons. The van der Waals surface area contributed by atoms with E-state index in [1.165, 1.54) is 0 Å². The number of hydrogen-bond donors (Lipinski definition) is 0. The van der Waals surface area contributed by atoms with Crippen LogP contribution < -0.4 is 0 Å². The minimum Gasteiger partial charge on any atom is -0.462 e. The van der Waals surface area contributed by atoms with Crippen LogP contribution in [0.4, 0.5) is 0 Å². The van der Waals surface area contributed by atoms with Gasteiger partial charge in [0.1, 0.15) is 13.2 Å². The molecule has 0 rings (SSSR count). The van der Waals surface area contributed by atoms with Gasteiger partial charge in [0.05, 0.1) is 6.42 Å². The molecule has 0 spiro atoms. The zero-order valence-electron chi connectivity index (χ0n) is 36.9. The van der Waals surface area contributed by atoms with Gasteiger partial charge in [0.2, 0.25) is 0 Å². The molecule has 0 bridgehead atoms. The highest BCUT2D eigenvalue weighted by atomic mass is 16.6. The molecule has 0 heterocycles. The lowest BCUT2D eigenvalue weighted by molar-refractivity contribution is -0.166. The minimum absolute atomic E-state index is 0.112. The molecular weight excluding hydrogens is 733 g/mol. The maximum atomic E-state index is 12.7. The van der Waals surface area contributed by atoms with E-state index in [1.54, 1.807) is 6.08 Å². The first kappa shape index (κ1) is 54.3. The van der Waals surface area contributed by atoms with E-state index in [0.717, 1.165) is 103 Å². The Morgan fingerprint density at radius 1 is 0.373 bits per heavy atom. The van der Waals surface area contributed by atoms with Gasteiger partial charge in [-0.1, -0.05) is 179 Å². The van der Waals surface area contributed by atoms with Crippen molar-refractivity contribution in [2.75, 3.05) is 13.2 Å². The molecule has 0 aliphatic carbocycles. The van der Waals surface area contributed by atoms with Crippen molar-refractivity contribution in [3.8, 4) is 0 Å². The summed E-state index contributed by atoms with van der Waals surface area (Å²) < 4.78 is 16.5. The van der Waals surface area contributed by atoms with Gasteiger partial charge in [-0.15, -0.1) is 0 Å². The second-order valence-electron chi connectivity index (χ2n) is 13.9. The standard InChI is InChI=1S/C53H78O6/c1-4-7-10-13-16-19-21-23-24-25-26-27-28-30-31-34-37-40-43-46-52(55)58-49-50(48-57-51(54)45-42-39-36-33-18-15-12-9-6-3)59-53(56)47-44-41-38-35-32-29-22-20-17-14-11-8-5-2/h7-12,14,16-20,22-24,26-27,29-33,39,42,50H,4-6,13,15,21,25,28,34-38,40-41,43-49H2,1-3H3/b10-7-,11-8-,12-9-,17-14-,19-16-,22-20-,24-23-,27-26-,31-30-,32-29-,33-18-,42-39-. The highest BCUT2D eigenvalue weighted by molar-refractivity contribution is 5.72. The van der Waals surface area contributed by atoms with E-state index in [-0.39, 0.29) is 44.4 Å². The first-order chi connectivity index (χ1) is 29.0. The predicted molar refractivity (Wildman–Crippen MR) is 251 cm³/mol. The first-order valence-corrected chi connectivity index (χ1v) is 22.4. The zero-order chi connectivity index (χ0) is 43.0. The van der Waals surface area contributed by atoms with Gasteiger partial charge >= 0.3 is 17.9 Å². The molecule has 0 aromatic heterocycles. The van der Waals surface area contributed by atoms with Crippen molar-refractivity contribution in [3.63, 3.8) is 0 Å². The summed E-state index contributed by atoms with van der Waals surface area (Å²) in [5.41, 5.74) is 0. The Hall–Kier alpha value is -4.71. The number of esters is 3.